The van der Waals surface area contributed by atoms with Gasteiger partial charge in [-0.2, -0.15) is 0 Å². The molecular formula is C22H24ClNO4. The molecule has 1 heterocycles. The second kappa shape index (κ2) is 7.40. The van der Waals surface area contributed by atoms with Crippen LogP contribution in [0, 0.1) is 6.92 Å². The number of rotatable bonds is 4. The van der Waals surface area contributed by atoms with E-state index < -0.39 is 0 Å². The van der Waals surface area contributed by atoms with Gasteiger partial charge in [-0.15, -0.1) is 0 Å². The fraction of sp³-hybridized carbons (Fsp3) is 0.318. The molecule has 5 nitrogen and oxygen atoms in total. The average molecular weight is 402 g/mol. The number of hydrogen-bond acceptors (Lipinski definition) is 4. The van der Waals surface area contributed by atoms with E-state index in [2.05, 4.69) is 37.0 Å². The number of hydrogen-bond donors (Lipinski definition) is 0. The maximum atomic E-state index is 5.55. The van der Waals surface area contributed by atoms with Crippen LogP contribution in [-0.4, -0.2) is 28.4 Å². The molecule has 0 saturated carbocycles. The number of benzene rings is 2. The molecule has 1 N–H and O–H groups in total. The van der Waals surface area contributed by atoms with Gasteiger partial charge in [0.15, 0.2) is 28.7 Å². The molecule has 6 heteroatoms. The highest BCUT2D eigenvalue weighted by molar-refractivity contribution is 5.96. The van der Waals surface area contributed by atoms with Crippen molar-refractivity contribution in [3.63, 3.8) is 0 Å². The number of aryl methyl sites for hydroxylation is 1. The Morgan fingerprint density at radius 2 is 1.25 bits per heavy atom. The summed E-state index contributed by atoms with van der Waals surface area (Å²) in [4.78, 5) is 3.60. The van der Waals surface area contributed by atoms with E-state index >= 15 is 0 Å². The summed E-state index contributed by atoms with van der Waals surface area (Å²) in [5, 5.41) is 2.30. The highest BCUT2D eigenvalue weighted by Gasteiger charge is 2.35. The molecular weight excluding hydrogens is 378 g/mol. The van der Waals surface area contributed by atoms with E-state index in [-0.39, 0.29) is 18.3 Å². The van der Waals surface area contributed by atoms with Gasteiger partial charge in [0.2, 0.25) is 5.69 Å². The summed E-state index contributed by atoms with van der Waals surface area (Å²) < 4.78 is 22.1. The zero-order valence-corrected chi connectivity index (χ0v) is 17.7. The molecule has 0 fully saturated rings. The van der Waals surface area contributed by atoms with Crippen molar-refractivity contribution in [3.8, 4) is 34.3 Å². The third-order valence-electron chi connectivity index (χ3n) is 5.52. The molecule has 0 spiro atoms. The Morgan fingerprint density at radius 1 is 0.750 bits per heavy atom. The normalized spacial score (nSPS) is 14.1. The molecule has 3 aromatic rings. The van der Waals surface area contributed by atoms with E-state index in [1.54, 1.807) is 28.4 Å². The molecule has 1 atom stereocenters. The van der Waals surface area contributed by atoms with Crippen LogP contribution in [0.25, 0.3) is 22.0 Å². The highest BCUT2D eigenvalue weighted by atomic mass is 35.5. The summed E-state index contributed by atoms with van der Waals surface area (Å²) in [5.74, 6) is 3.15. The summed E-state index contributed by atoms with van der Waals surface area (Å²) in [5.41, 5.74) is 5.83. The Kier molecular flexibility index (Phi) is 5.31. The van der Waals surface area contributed by atoms with Gasteiger partial charge in [-0.25, -0.2) is 4.98 Å². The van der Waals surface area contributed by atoms with E-state index in [4.69, 9.17) is 18.9 Å². The van der Waals surface area contributed by atoms with Gasteiger partial charge in [-0.05, 0) is 29.8 Å². The number of H-pyrrole nitrogens is 1. The molecule has 1 aliphatic carbocycles. The predicted molar refractivity (Wildman–Crippen MR) is 104 cm³/mol. The van der Waals surface area contributed by atoms with E-state index in [1.165, 1.54) is 16.5 Å². The predicted octanol–water partition coefficient (Wildman–Crippen LogP) is 1.13. The summed E-state index contributed by atoms with van der Waals surface area (Å²) in [6, 6.07) is 8.25. The Hall–Kier alpha value is -2.66. The first-order valence-electron chi connectivity index (χ1n) is 8.91. The van der Waals surface area contributed by atoms with Gasteiger partial charge < -0.3 is 31.4 Å². The minimum absolute atomic E-state index is 0. The number of fused-ring (bicyclic) bond motifs is 5. The van der Waals surface area contributed by atoms with Gasteiger partial charge in [0.05, 0.1) is 39.4 Å². The average Bonchev–Trinajstić information content (AvgIpc) is 2.97. The van der Waals surface area contributed by atoms with Crippen molar-refractivity contribution in [1.82, 2.24) is 0 Å². The van der Waals surface area contributed by atoms with Gasteiger partial charge >= 0.3 is 0 Å². The lowest BCUT2D eigenvalue weighted by Gasteiger charge is -2.13. The van der Waals surface area contributed by atoms with Crippen molar-refractivity contribution in [2.75, 3.05) is 28.4 Å². The number of pyridine rings is 1. The topological polar surface area (TPSA) is 51.1 Å². The molecule has 0 radical (unpaired) electrons. The van der Waals surface area contributed by atoms with Crippen molar-refractivity contribution in [2.45, 2.75) is 19.8 Å². The number of aromatic nitrogens is 1. The summed E-state index contributed by atoms with van der Waals surface area (Å²) >= 11 is 0. The lowest BCUT2D eigenvalue weighted by molar-refractivity contribution is -0.372. The van der Waals surface area contributed by atoms with Crippen molar-refractivity contribution in [1.29, 1.82) is 0 Å². The zero-order chi connectivity index (χ0) is 19.3. The smallest absolute Gasteiger partial charge is 0.215 e. The monoisotopic (exact) mass is 401 g/mol. The van der Waals surface area contributed by atoms with E-state index in [9.17, 15) is 0 Å². The van der Waals surface area contributed by atoms with E-state index in [1.807, 2.05) is 6.07 Å². The molecule has 1 unspecified atom stereocenters. The van der Waals surface area contributed by atoms with Crippen molar-refractivity contribution >= 4 is 10.8 Å². The SMILES string of the molecule is COc1cc2c(cc1OC)C(C)c1c-2[nH+]c(C)c2cc(OC)c(OC)cc12.[Cl-]. The molecule has 0 aliphatic heterocycles. The minimum Gasteiger partial charge on any atom is -1.00 e. The molecule has 1 aliphatic rings. The van der Waals surface area contributed by atoms with E-state index in [0.29, 0.717) is 0 Å². The number of nitrogens with one attached hydrogen (secondary N) is 1. The van der Waals surface area contributed by atoms with Crippen LogP contribution in [0.5, 0.6) is 23.0 Å². The van der Waals surface area contributed by atoms with Crippen LogP contribution in [0.3, 0.4) is 0 Å². The Balaban J connectivity index is 0.00000225. The fourth-order valence-electron chi connectivity index (χ4n) is 4.16. The summed E-state index contributed by atoms with van der Waals surface area (Å²) in [6.07, 6.45) is 0. The number of ether oxygens (including phenoxy) is 4. The Labute approximate surface area is 171 Å². The number of aromatic amines is 1. The lowest BCUT2D eigenvalue weighted by Crippen LogP contribution is -3.00. The van der Waals surface area contributed by atoms with Crippen LogP contribution in [0.1, 0.15) is 29.7 Å². The van der Waals surface area contributed by atoms with Gasteiger partial charge in [-0.1, -0.05) is 6.92 Å². The molecule has 2 aromatic carbocycles. The summed E-state index contributed by atoms with van der Waals surface area (Å²) in [6.45, 7) is 4.30. The van der Waals surface area contributed by atoms with Crippen molar-refractivity contribution in [2.24, 2.45) is 0 Å². The third-order valence-corrected chi connectivity index (χ3v) is 5.52. The molecule has 148 valence electrons. The zero-order valence-electron chi connectivity index (χ0n) is 16.9. The van der Waals surface area contributed by atoms with Crippen molar-refractivity contribution in [3.05, 3.63) is 41.1 Å². The second-order valence-electron chi connectivity index (χ2n) is 6.81. The van der Waals surface area contributed by atoms with Gasteiger partial charge in [0, 0.05) is 23.8 Å². The second-order valence-corrected chi connectivity index (χ2v) is 6.81. The van der Waals surface area contributed by atoms with Crippen LogP contribution >= 0.6 is 0 Å². The first kappa shape index (κ1) is 20.1. The number of halogens is 1. The van der Waals surface area contributed by atoms with Crippen LogP contribution in [0.2, 0.25) is 0 Å². The summed E-state index contributed by atoms with van der Waals surface area (Å²) in [7, 11) is 6.66. The molecule has 1 aromatic heterocycles. The first-order chi connectivity index (χ1) is 13.0. The number of methoxy groups -OCH3 is 4. The molecule has 0 amide bonds. The standard InChI is InChI=1S/C22H23NO4.ClH/c1-11-13-7-17(24-3)20(27-6)10-16(13)22-21(11)15-9-19(26-5)18(25-4)8-14(15)12(2)23-22;/h7-11H,1-6H3;1H. The highest BCUT2D eigenvalue weighted by Crippen LogP contribution is 2.50. The van der Waals surface area contributed by atoms with Crippen LogP contribution < -0.4 is 36.3 Å². The molecule has 28 heavy (non-hydrogen) atoms. The quantitative estimate of drug-likeness (QED) is 0.657. The largest absolute Gasteiger partial charge is 1.00 e. The Bertz CT molecular complexity index is 1060. The van der Waals surface area contributed by atoms with Gasteiger partial charge in [0.25, 0.3) is 0 Å². The maximum absolute atomic E-state index is 5.55. The Morgan fingerprint density at radius 3 is 1.82 bits per heavy atom. The van der Waals surface area contributed by atoms with Crippen LogP contribution in [0.4, 0.5) is 0 Å². The lowest BCUT2D eigenvalue weighted by atomic mass is 9.94. The van der Waals surface area contributed by atoms with Gasteiger partial charge in [0.1, 0.15) is 0 Å². The van der Waals surface area contributed by atoms with Crippen molar-refractivity contribution < 1.29 is 36.3 Å². The minimum atomic E-state index is 0. The first-order valence-corrected chi connectivity index (χ1v) is 8.91. The molecule has 4 rings (SSSR count). The van der Waals surface area contributed by atoms with Crippen LogP contribution in [-0.2, 0) is 0 Å². The molecule has 0 bridgehead atoms. The maximum Gasteiger partial charge on any atom is 0.215 e. The van der Waals surface area contributed by atoms with Gasteiger partial charge in [-0.3, -0.25) is 0 Å². The molecule has 0 saturated heterocycles. The van der Waals surface area contributed by atoms with E-state index in [0.717, 1.165) is 45.3 Å². The third kappa shape index (κ3) is 2.73. The fourth-order valence-corrected chi connectivity index (χ4v) is 4.16. The van der Waals surface area contributed by atoms with Crippen LogP contribution in [0.15, 0.2) is 24.3 Å².